The van der Waals surface area contributed by atoms with E-state index in [0.29, 0.717) is 29.1 Å². The van der Waals surface area contributed by atoms with Crippen molar-refractivity contribution < 1.29 is 14.0 Å². The van der Waals surface area contributed by atoms with Crippen molar-refractivity contribution >= 4 is 17.2 Å². The maximum Gasteiger partial charge on any atom is 0.258 e. The third-order valence-corrected chi connectivity index (χ3v) is 3.68. The van der Waals surface area contributed by atoms with Gasteiger partial charge >= 0.3 is 0 Å². The van der Waals surface area contributed by atoms with Crippen LogP contribution in [0.3, 0.4) is 0 Å². The van der Waals surface area contributed by atoms with Gasteiger partial charge in [0.05, 0.1) is 7.11 Å². The van der Waals surface area contributed by atoms with E-state index < -0.39 is 0 Å². The first-order chi connectivity index (χ1) is 12.4. The molecular formula is C20H21ClN2O3. The van der Waals surface area contributed by atoms with Crippen LogP contribution in [-0.2, 0) is 4.74 Å². The molecule has 0 aliphatic heterocycles. The predicted molar refractivity (Wildman–Crippen MR) is 104 cm³/mol. The molecule has 0 aliphatic carbocycles. The van der Waals surface area contributed by atoms with Crippen LogP contribution < -0.4 is 4.74 Å². The van der Waals surface area contributed by atoms with E-state index in [0.717, 1.165) is 22.4 Å². The smallest absolute Gasteiger partial charge is 0.258 e. The molecule has 5 nitrogen and oxygen atoms in total. The Morgan fingerprint density at radius 1 is 1.35 bits per heavy atom. The van der Waals surface area contributed by atoms with Crippen molar-refractivity contribution in [1.82, 2.24) is 10.1 Å². The summed E-state index contributed by atoms with van der Waals surface area (Å²) in [6, 6.07) is 5.67. The van der Waals surface area contributed by atoms with Crippen molar-refractivity contribution in [2.45, 2.75) is 13.8 Å². The van der Waals surface area contributed by atoms with Crippen LogP contribution >= 0.6 is 11.6 Å². The molecule has 1 aromatic carbocycles. The Balaban J connectivity index is 2.19. The second kappa shape index (κ2) is 9.06. The summed E-state index contributed by atoms with van der Waals surface area (Å²) in [6.07, 6.45) is 5.27. The maximum atomic E-state index is 5.79. The van der Waals surface area contributed by atoms with E-state index in [4.69, 9.17) is 25.6 Å². The minimum atomic E-state index is 0.390. The van der Waals surface area contributed by atoms with E-state index in [-0.39, 0.29) is 0 Å². The predicted octanol–water partition coefficient (Wildman–Crippen LogP) is 5.30. The average molecular weight is 373 g/mol. The molecule has 136 valence electrons. The molecule has 0 unspecified atom stereocenters. The van der Waals surface area contributed by atoms with Gasteiger partial charge in [-0.15, -0.1) is 0 Å². The number of nitrogens with zero attached hydrogens (tertiary/aromatic N) is 2. The third-order valence-electron chi connectivity index (χ3n) is 3.57. The number of hydrogen-bond donors (Lipinski definition) is 0. The Labute approximate surface area is 158 Å². The Kier molecular flexibility index (Phi) is 6.81. The fraction of sp³-hybridized carbons (Fsp3) is 0.200. The Morgan fingerprint density at radius 2 is 2.12 bits per heavy atom. The van der Waals surface area contributed by atoms with Gasteiger partial charge in [0.25, 0.3) is 5.89 Å². The van der Waals surface area contributed by atoms with Crippen LogP contribution in [0.2, 0.25) is 0 Å². The normalized spacial score (nSPS) is 11.6. The second-order valence-electron chi connectivity index (χ2n) is 5.51. The van der Waals surface area contributed by atoms with Crippen molar-refractivity contribution in [3.8, 4) is 17.2 Å². The first-order valence-electron chi connectivity index (χ1n) is 7.91. The highest BCUT2D eigenvalue weighted by atomic mass is 35.5. The molecule has 0 saturated heterocycles. The van der Waals surface area contributed by atoms with Crippen molar-refractivity contribution in [2.24, 2.45) is 0 Å². The fourth-order valence-corrected chi connectivity index (χ4v) is 2.34. The monoisotopic (exact) mass is 372 g/mol. The lowest BCUT2D eigenvalue weighted by atomic mass is 10.1. The molecule has 0 bridgehead atoms. The van der Waals surface area contributed by atoms with Crippen LogP contribution in [-0.4, -0.2) is 23.9 Å². The molecule has 6 heteroatoms. The van der Waals surface area contributed by atoms with Gasteiger partial charge < -0.3 is 14.0 Å². The van der Waals surface area contributed by atoms with E-state index in [9.17, 15) is 0 Å². The summed E-state index contributed by atoms with van der Waals surface area (Å²) in [5.41, 5.74) is 2.49. The summed E-state index contributed by atoms with van der Waals surface area (Å²) in [4.78, 5) is 4.42. The SMILES string of the molecule is C=C(Cl)C=C(C)c1noc(-c2cccc(OCC=CC(=C)OC)c2C)n1. The lowest BCUT2D eigenvalue weighted by molar-refractivity contribution is 0.307. The lowest BCUT2D eigenvalue weighted by Crippen LogP contribution is -1.97. The zero-order valence-corrected chi connectivity index (χ0v) is 15.8. The van der Waals surface area contributed by atoms with Crippen molar-refractivity contribution in [1.29, 1.82) is 0 Å². The van der Waals surface area contributed by atoms with Crippen LogP contribution in [0.4, 0.5) is 0 Å². The molecule has 0 atom stereocenters. The molecule has 26 heavy (non-hydrogen) atoms. The van der Waals surface area contributed by atoms with Crippen LogP contribution in [0.15, 0.2) is 64.9 Å². The summed E-state index contributed by atoms with van der Waals surface area (Å²) in [6.45, 7) is 11.5. The number of ether oxygens (including phenoxy) is 2. The topological polar surface area (TPSA) is 57.4 Å². The largest absolute Gasteiger partial charge is 0.497 e. The molecule has 0 spiro atoms. The summed E-state index contributed by atoms with van der Waals surface area (Å²) in [5, 5.41) is 4.40. The molecule has 0 fully saturated rings. The Hall–Kier alpha value is -2.79. The third kappa shape index (κ3) is 5.10. The van der Waals surface area contributed by atoms with Gasteiger partial charge in [-0.3, -0.25) is 0 Å². The highest BCUT2D eigenvalue weighted by Crippen LogP contribution is 2.29. The van der Waals surface area contributed by atoms with Crippen molar-refractivity contribution in [2.75, 3.05) is 13.7 Å². The van der Waals surface area contributed by atoms with Crippen LogP contribution in [0.1, 0.15) is 18.3 Å². The standard InChI is InChI=1S/C20H21ClN2O3/c1-13(12-14(2)21)19-22-20(26-23-19)17-9-6-10-18(16(17)4)25-11-7-8-15(3)24-5/h6-10,12H,2-3,11H2,1,4-5H3. The molecule has 0 N–H and O–H groups in total. The maximum absolute atomic E-state index is 5.79. The van der Waals surface area contributed by atoms with Crippen LogP contribution in [0.25, 0.3) is 17.0 Å². The Bertz CT molecular complexity index is 866. The number of halogens is 1. The van der Waals surface area contributed by atoms with E-state index in [1.54, 1.807) is 19.3 Å². The zero-order valence-electron chi connectivity index (χ0n) is 15.1. The first kappa shape index (κ1) is 19.5. The van der Waals surface area contributed by atoms with E-state index in [1.165, 1.54) is 0 Å². The van der Waals surface area contributed by atoms with Gasteiger partial charge in [-0.1, -0.05) is 36.0 Å². The van der Waals surface area contributed by atoms with Gasteiger partial charge in [0, 0.05) is 16.2 Å². The number of rotatable bonds is 8. The second-order valence-corrected chi connectivity index (χ2v) is 6.00. The van der Waals surface area contributed by atoms with Crippen molar-refractivity contribution in [3.05, 3.63) is 71.8 Å². The first-order valence-corrected chi connectivity index (χ1v) is 8.29. The van der Waals surface area contributed by atoms with E-state index in [2.05, 4.69) is 23.3 Å². The molecular weight excluding hydrogens is 352 g/mol. The number of methoxy groups -OCH3 is 1. The number of benzene rings is 1. The minimum absolute atomic E-state index is 0.390. The zero-order chi connectivity index (χ0) is 19.1. The van der Waals surface area contributed by atoms with Gasteiger partial charge in [0.1, 0.15) is 18.1 Å². The van der Waals surface area contributed by atoms with Crippen LogP contribution in [0.5, 0.6) is 5.75 Å². The summed E-state index contributed by atoms with van der Waals surface area (Å²) in [5.74, 6) is 2.18. The van der Waals surface area contributed by atoms with Crippen LogP contribution in [0, 0.1) is 6.92 Å². The van der Waals surface area contributed by atoms with Gasteiger partial charge in [-0.2, -0.15) is 4.98 Å². The number of aromatic nitrogens is 2. The van der Waals surface area contributed by atoms with Gasteiger partial charge in [-0.25, -0.2) is 0 Å². The average Bonchev–Trinajstić information content (AvgIpc) is 3.09. The number of allylic oxidation sites excluding steroid dienone is 4. The van der Waals surface area contributed by atoms with E-state index in [1.807, 2.05) is 38.1 Å². The molecule has 2 aromatic rings. The number of hydrogen-bond acceptors (Lipinski definition) is 5. The van der Waals surface area contributed by atoms with Gasteiger partial charge in [0.2, 0.25) is 0 Å². The highest BCUT2D eigenvalue weighted by molar-refractivity contribution is 6.31. The highest BCUT2D eigenvalue weighted by Gasteiger charge is 2.14. The molecule has 1 aromatic heterocycles. The summed E-state index contributed by atoms with van der Waals surface area (Å²) < 4.78 is 16.1. The summed E-state index contributed by atoms with van der Waals surface area (Å²) >= 11 is 5.79. The molecule has 2 rings (SSSR count). The molecule has 0 radical (unpaired) electrons. The quantitative estimate of drug-likeness (QED) is 0.465. The molecule has 0 saturated carbocycles. The minimum Gasteiger partial charge on any atom is -0.497 e. The lowest BCUT2D eigenvalue weighted by Gasteiger charge is -2.09. The van der Waals surface area contributed by atoms with E-state index >= 15 is 0 Å². The summed E-state index contributed by atoms with van der Waals surface area (Å²) in [7, 11) is 1.57. The van der Waals surface area contributed by atoms with Gasteiger partial charge in [-0.05, 0) is 49.8 Å². The Morgan fingerprint density at radius 3 is 2.81 bits per heavy atom. The molecule has 0 amide bonds. The van der Waals surface area contributed by atoms with Crippen molar-refractivity contribution in [3.63, 3.8) is 0 Å². The molecule has 1 heterocycles. The fourth-order valence-electron chi connectivity index (χ4n) is 2.18. The van der Waals surface area contributed by atoms with Gasteiger partial charge in [0.15, 0.2) is 5.82 Å². The molecule has 0 aliphatic rings.